The molecular weight excluding hydrogens is 599 g/mol. The number of halogens is 2. The maximum Gasteiger partial charge on any atom is 0.232 e. The molecule has 0 saturated carbocycles. The predicted octanol–water partition coefficient (Wildman–Crippen LogP) is 7.16. The number of nitrogens with zero attached hydrogens (tertiary/aromatic N) is 3. The molecule has 0 bridgehead atoms. The van der Waals surface area contributed by atoms with E-state index in [0.717, 1.165) is 16.6 Å². The number of amides is 2. The molecular formula is C34H30Cl2N4O4. The number of carbonyl (C=O) groups excluding carboxylic acids is 3. The number of likely N-dealkylation sites (N-methyl/N-ethyl adjacent to an activating group) is 1. The van der Waals surface area contributed by atoms with Gasteiger partial charge in [0, 0.05) is 59.6 Å². The molecule has 3 aromatic carbocycles. The summed E-state index contributed by atoms with van der Waals surface area (Å²) in [6.45, 7) is 3.40. The zero-order chi connectivity index (χ0) is 31.5. The van der Waals surface area contributed by atoms with Crippen molar-refractivity contribution in [2.75, 3.05) is 17.3 Å². The maximum absolute atomic E-state index is 13.4. The zero-order valence-electron chi connectivity index (χ0n) is 24.7. The number of pyridine rings is 1. The van der Waals surface area contributed by atoms with Crippen molar-refractivity contribution in [1.82, 2.24) is 9.55 Å². The SMILES string of the molecule is CC(=O)Nc1cccc(C(=O)c2ccc(CC(=O)N(C)c3ccc(Cl)c(COc4cccc5ccc(C)nc45)c3Cl)n2C)c1. The molecule has 224 valence electrons. The van der Waals surface area contributed by atoms with Crippen molar-refractivity contribution in [3.05, 3.63) is 117 Å². The van der Waals surface area contributed by atoms with Crippen LogP contribution < -0.4 is 15.0 Å². The van der Waals surface area contributed by atoms with Crippen LogP contribution in [0, 0.1) is 6.92 Å². The largest absolute Gasteiger partial charge is 0.487 e. The number of benzene rings is 3. The molecule has 0 aliphatic carbocycles. The predicted molar refractivity (Wildman–Crippen MR) is 174 cm³/mol. The van der Waals surface area contributed by atoms with E-state index in [2.05, 4.69) is 10.3 Å². The van der Waals surface area contributed by atoms with Crippen molar-refractivity contribution in [1.29, 1.82) is 0 Å². The average Bonchev–Trinajstić information content (AvgIpc) is 3.35. The van der Waals surface area contributed by atoms with E-state index in [1.165, 1.54) is 11.8 Å². The fourth-order valence-electron chi connectivity index (χ4n) is 4.92. The Morgan fingerprint density at radius 1 is 0.977 bits per heavy atom. The van der Waals surface area contributed by atoms with Gasteiger partial charge in [-0.2, -0.15) is 0 Å². The number of ketones is 1. The summed E-state index contributed by atoms with van der Waals surface area (Å²) in [6, 6.07) is 23.2. The van der Waals surface area contributed by atoms with Crippen molar-refractivity contribution >= 4 is 63.1 Å². The van der Waals surface area contributed by atoms with Gasteiger partial charge in [-0.1, -0.05) is 53.5 Å². The molecule has 0 radical (unpaired) electrons. The van der Waals surface area contributed by atoms with Gasteiger partial charge in [0.1, 0.15) is 17.9 Å². The minimum Gasteiger partial charge on any atom is -0.487 e. The Balaban J connectivity index is 1.32. The molecule has 5 rings (SSSR count). The number of hydrogen-bond acceptors (Lipinski definition) is 5. The summed E-state index contributed by atoms with van der Waals surface area (Å²) in [5.74, 6) is -0.0866. The van der Waals surface area contributed by atoms with Gasteiger partial charge in [0.2, 0.25) is 17.6 Å². The Morgan fingerprint density at radius 3 is 2.52 bits per heavy atom. The lowest BCUT2D eigenvalue weighted by atomic mass is 10.1. The highest BCUT2D eigenvalue weighted by molar-refractivity contribution is 6.38. The van der Waals surface area contributed by atoms with Crippen LogP contribution >= 0.6 is 23.2 Å². The van der Waals surface area contributed by atoms with E-state index in [1.807, 2.05) is 37.3 Å². The van der Waals surface area contributed by atoms with Gasteiger partial charge in [-0.3, -0.25) is 14.4 Å². The normalized spacial score (nSPS) is 11.0. The molecule has 0 spiro atoms. The number of carbonyl (C=O) groups is 3. The van der Waals surface area contributed by atoms with Crippen molar-refractivity contribution in [2.24, 2.45) is 7.05 Å². The van der Waals surface area contributed by atoms with Crippen molar-refractivity contribution in [3.63, 3.8) is 0 Å². The Morgan fingerprint density at radius 2 is 1.75 bits per heavy atom. The number of hydrogen-bond donors (Lipinski definition) is 1. The van der Waals surface area contributed by atoms with E-state index in [-0.39, 0.29) is 30.6 Å². The highest BCUT2D eigenvalue weighted by Crippen LogP contribution is 2.35. The molecule has 0 saturated heterocycles. The third kappa shape index (κ3) is 6.46. The Kier molecular flexibility index (Phi) is 9.04. The topological polar surface area (TPSA) is 93.5 Å². The zero-order valence-corrected chi connectivity index (χ0v) is 26.2. The van der Waals surface area contributed by atoms with Crippen LogP contribution in [0.15, 0.2) is 78.9 Å². The van der Waals surface area contributed by atoms with Gasteiger partial charge in [0.25, 0.3) is 0 Å². The summed E-state index contributed by atoms with van der Waals surface area (Å²) in [7, 11) is 3.38. The van der Waals surface area contributed by atoms with Crippen molar-refractivity contribution in [3.8, 4) is 5.75 Å². The Labute approximate surface area is 265 Å². The van der Waals surface area contributed by atoms with E-state index in [0.29, 0.717) is 49.7 Å². The van der Waals surface area contributed by atoms with Crippen LogP contribution in [-0.2, 0) is 29.7 Å². The highest BCUT2D eigenvalue weighted by atomic mass is 35.5. The number of fused-ring (bicyclic) bond motifs is 1. The Bertz CT molecular complexity index is 1920. The number of nitrogens with one attached hydrogen (secondary N) is 1. The van der Waals surface area contributed by atoms with Gasteiger partial charge in [-0.05, 0) is 55.5 Å². The van der Waals surface area contributed by atoms with Crippen LogP contribution in [0.4, 0.5) is 11.4 Å². The summed E-state index contributed by atoms with van der Waals surface area (Å²) in [6.07, 6.45) is 0.0258. The number of aryl methyl sites for hydroxylation is 1. The standard InChI is InChI=1S/C34H30Cl2N4O4/c1-20-11-12-22-7-6-10-30(33(22)37-20)44-19-26-27(35)14-16-28(32(26)36)40(4)31(42)18-25-13-15-29(39(25)3)34(43)23-8-5-9-24(17-23)38-21(2)41/h5-17H,18-19H2,1-4H3,(H,38,41). The maximum atomic E-state index is 13.4. The van der Waals surface area contributed by atoms with Crippen LogP contribution in [0.3, 0.4) is 0 Å². The minimum absolute atomic E-state index is 0.0258. The monoisotopic (exact) mass is 628 g/mol. The average molecular weight is 630 g/mol. The summed E-state index contributed by atoms with van der Waals surface area (Å²) >= 11 is 13.3. The second kappa shape index (κ2) is 12.9. The summed E-state index contributed by atoms with van der Waals surface area (Å²) in [5, 5.41) is 4.36. The summed E-state index contributed by atoms with van der Waals surface area (Å²) in [5.41, 5.74) is 4.65. The number of aromatic nitrogens is 2. The van der Waals surface area contributed by atoms with Gasteiger partial charge in [0.05, 0.1) is 22.8 Å². The van der Waals surface area contributed by atoms with E-state index in [1.54, 1.807) is 67.2 Å². The molecule has 44 heavy (non-hydrogen) atoms. The third-order valence-electron chi connectivity index (χ3n) is 7.33. The van der Waals surface area contributed by atoms with Crippen LogP contribution in [-0.4, -0.2) is 34.2 Å². The lowest BCUT2D eigenvalue weighted by Gasteiger charge is -2.21. The molecule has 2 aromatic heterocycles. The number of rotatable bonds is 9. The molecule has 2 heterocycles. The van der Waals surface area contributed by atoms with E-state index in [9.17, 15) is 14.4 Å². The molecule has 1 N–H and O–H groups in total. The van der Waals surface area contributed by atoms with E-state index in [4.69, 9.17) is 27.9 Å². The molecule has 2 amide bonds. The Hall–Kier alpha value is -4.66. The van der Waals surface area contributed by atoms with Gasteiger partial charge in [-0.25, -0.2) is 4.98 Å². The molecule has 10 heteroatoms. The molecule has 0 fully saturated rings. The molecule has 0 atom stereocenters. The van der Waals surface area contributed by atoms with Crippen LogP contribution in [0.25, 0.3) is 10.9 Å². The van der Waals surface area contributed by atoms with Gasteiger partial charge >= 0.3 is 0 Å². The molecule has 0 aliphatic heterocycles. The lowest BCUT2D eigenvalue weighted by molar-refractivity contribution is -0.118. The first-order chi connectivity index (χ1) is 21.0. The van der Waals surface area contributed by atoms with Crippen molar-refractivity contribution < 1.29 is 19.1 Å². The molecule has 8 nitrogen and oxygen atoms in total. The first-order valence-electron chi connectivity index (χ1n) is 13.8. The number of ether oxygens (including phenoxy) is 1. The van der Waals surface area contributed by atoms with Gasteiger partial charge in [-0.15, -0.1) is 0 Å². The minimum atomic E-state index is -0.234. The molecule has 0 unspecified atom stereocenters. The second-order valence-electron chi connectivity index (χ2n) is 10.4. The van der Waals surface area contributed by atoms with Crippen LogP contribution in [0.5, 0.6) is 5.75 Å². The highest BCUT2D eigenvalue weighted by Gasteiger charge is 2.22. The van der Waals surface area contributed by atoms with E-state index >= 15 is 0 Å². The van der Waals surface area contributed by atoms with Crippen LogP contribution in [0.2, 0.25) is 10.0 Å². The van der Waals surface area contributed by atoms with Gasteiger partial charge < -0.3 is 19.5 Å². The lowest BCUT2D eigenvalue weighted by Crippen LogP contribution is -2.29. The fourth-order valence-corrected chi connectivity index (χ4v) is 5.52. The fraction of sp³-hybridized carbons (Fsp3) is 0.176. The summed E-state index contributed by atoms with van der Waals surface area (Å²) < 4.78 is 7.82. The number of para-hydroxylation sites is 1. The van der Waals surface area contributed by atoms with Crippen LogP contribution in [0.1, 0.15) is 39.9 Å². The second-order valence-corrected chi connectivity index (χ2v) is 11.2. The van der Waals surface area contributed by atoms with Crippen molar-refractivity contribution in [2.45, 2.75) is 26.9 Å². The van der Waals surface area contributed by atoms with Gasteiger partial charge in [0.15, 0.2) is 0 Å². The third-order valence-corrected chi connectivity index (χ3v) is 8.11. The quantitative estimate of drug-likeness (QED) is 0.175. The first kappa shape index (κ1) is 30.8. The molecule has 5 aromatic rings. The first-order valence-corrected chi connectivity index (χ1v) is 14.6. The van der Waals surface area contributed by atoms with E-state index < -0.39 is 0 Å². The summed E-state index contributed by atoms with van der Waals surface area (Å²) in [4.78, 5) is 44.2. The number of anilines is 2. The smallest absolute Gasteiger partial charge is 0.232 e. The molecule has 0 aliphatic rings.